The van der Waals surface area contributed by atoms with Crippen LogP contribution in [-0.2, 0) is 0 Å². The molecule has 0 radical (unpaired) electrons. The molecule has 1 rings (SSSR count). The molecule has 0 aliphatic heterocycles. The molecule has 36 valence electrons. The molecule has 7 heavy (non-hydrogen) atoms. The molecule has 0 atom stereocenters. The summed E-state index contributed by atoms with van der Waals surface area (Å²) in [4.78, 5) is 0. The SMILES string of the molecule is [2H]c1cc(C)c([2H])c([2H])c1[2H]. The maximum atomic E-state index is 7.29. The zero-order chi connectivity index (χ0) is 8.59. The highest BCUT2D eigenvalue weighted by molar-refractivity contribution is 5.11. The molecule has 0 unspecified atom stereocenters. The van der Waals surface area contributed by atoms with Gasteiger partial charge in [-0.25, -0.2) is 0 Å². The number of aryl methyl sites for hydroxylation is 1. The zero-order valence-corrected chi connectivity index (χ0v) is 4.08. The van der Waals surface area contributed by atoms with E-state index in [1.54, 1.807) is 6.92 Å². The molecule has 0 aromatic heterocycles. The lowest BCUT2D eigenvalue weighted by atomic mass is 10.2. The van der Waals surface area contributed by atoms with Crippen LogP contribution in [0.2, 0.25) is 0 Å². The Morgan fingerprint density at radius 1 is 1.43 bits per heavy atom. The summed E-state index contributed by atoms with van der Waals surface area (Å²) in [5.74, 6) is 0. The average molecular weight is 96.2 g/mol. The van der Waals surface area contributed by atoms with Gasteiger partial charge in [-0.1, -0.05) is 35.8 Å². The normalized spacial score (nSPS) is 16.7. The van der Waals surface area contributed by atoms with Gasteiger partial charge in [-0.05, 0) is 6.92 Å². The smallest absolute Gasteiger partial charge is 0.0622 e. The van der Waals surface area contributed by atoms with Crippen molar-refractivity contribution in [1.82, 2.24) is 0 Å². The van der Waals surface area contributed by atoms with E-state index in [9.17, 15) is 0 Å². The van der Waals surface area contributed by atoms with Crippen LogP contribution in [0, 0.1) is 6.92 Å². The van der Waals surface area contributed by atoms with Crippen LogP contribution in [0.25, 0.3) is 0 Å². The highest BCUT2D eigenvalue weighted by Crippen LogP contribution is 1.92. The van der Waals surface area contributed by atoms with Crippen LogP contribution in [0.4, 0.5) is 0 Å². The van der Waals surface area contributed by atoms with Crippen LogP contribution < -0.4 is 0 Å². The minimum absolute atomic E-state index is 0.0171. The second kappa shape index (κ2) is 1.78. The first-order valence-electron chi connectivity index (χ1n) is 4.08. The number of hydrogen-bond acceptors (Lipinski definition) is 0. The van der Waals surface area contributed by atoms with Crippen molar-refractivity contribution in [2.75, 3.05) is 0 Å². The van der Waals surface area contributed by atoms with E-state index in [1.165, 1.54) is 6.07 Å². The molecule has 0 saturated carbocycles. The summed E-state index contributed by atoms with van der Waals surface area (Å²) in [6.45, 7) is 1.66. The largest absolute Gasteiger partial charge is 0.0625 e. The highest BCUT2D eigenvalue weighted by atomic mass is 13.8. The van der Waals surface area contributed by atoms with E-state index in [4.69, 9.17) is 5.48 Å². The first-order valence-corrected chi connectivity index (χ1v) is 2.08. The molecular weight excluding hydrogens is 84.1 g/mol. The molecule has 0 heteroatoms. The molecule has 0 aliphatic rings. The number of rotatable bonds is 0. The van der Waals surface area contributed by atoms with Crippen molar-refractivity contribution in [2.24, 2.45) is 0 Å². The van der Waals surface area contributed by atoms with Gasteiger partial charge in [0.05, 0.1) is 5.48 Å². The number of benzene rings is 1. The summed E-state index contributed by atoms with van der Waals surface area (Å²) in [6.07, 6.45) is 0. The van der Waals surface area contributed by atoms with Gasteiger partial charge in [0.2, 0.25) is 0 Å². The van der Waals surface area contributed by atoms with E-state index in [0.717, 1.165) is 0 Å². The topological polar surface area (TPSA) is 0 Å². The molecule has 1 aromatic rings. The van der Waals surface area contributed by atoms with Gasteiger partial charge in [0.15, 0.2) is 0 Å². The Hall–Kier alpha value is -0.780. The summed E-state index contributed by atoms with van der Waals surface area (Å²) in [6, 6.07) is 1.17. The van der Waals surface area contributed by atoms with Gasteiger partial charge in [0.25, 0.3) is 0 Å². The van der Waals surface area contributed by atoms with Gasteiger partial charge in [-0.2, -0.15) is 0 Å². The Kier molecular flexibility index (Phi) is 0.413. The van der Waals surface area contributed by atoms with E-state index in [-0.39, 0.29) is 24.2 Å². The third kappa shape index (κ3) is 1.04. The summed E-state index contributed by atoms with van der Waals surface area (Å²) in [7, 11) is 0. The molecule has 0 nitrogen and oxygen atoms in total. The molecule has 0 amide bonds. The minimum Gasteiger partial charge on any atom is -0.0622 e. The van der Waals surface area contributed by atoms with Crippen molar-refractivity contribution >= 4 is 0 Å². The molecule has 0 fully saturated rings. The lowest BCUT2D eigenvalue weighted by Crippen LogP contribution is -1.62. The first kappa shape index (κ1) is 1.62. The minimum atomic E-state index is -0.166. The van der Waals surface area contributed by atoms with Crippen molar-refractivity contribution in [3.63, 3.8) is 0 Å². The second-order valence-electron chi connectivity index (χ2n) is 1.35. The fourth-order valence-corrected chi connectivity index (χ4v) is 0.346. The van der Waals surface area contributed by atoms with Crippen LogP contribution in [0.5, 0.6) is 0 Å². The first-order chi connectivity index (χ1) is 5.04. The third-order valence-corrected chi connectivity index (χ3v) is 0.683. The van der Waals surface area contributed by atoms with Crippen LogP contribution in [0.15, 0.2) is 30.2 Å². The van der Waals surface area contributed by atoms with Crippen LogP contribution in [0.3, 0.4) is 0 Å². The molecule has 0 spiro atoms. The molecule has 0 aliphatic carbocycles. The van der Waals surface area contributed by atoms with Crippen molar-refractivity contribution < 1.29 is 5.48 Å². The van der Waals surface area contributed by atoms with Gasteiger partial charge < -0.3 is 0 Å². The lowest BCUT2D eigenvalue weighted by Gasteiger charge is -1.82. The zero-order valence-electron chi connectivity index (χ0n) is 8.08. The summed E-state index contributed by atoms with van der Waals surface area (Å²) in [5.41, 5.74) is 0.580. The predicted octanol–water partition coefficient (Wildman–Crippen LogP) is 2.00. The van der Waals surface area contributed by atoms with Crippen LogP contribution >= 0.6 is 0 Å². The van der Waals surface area contributed by atoms with Crippen LogP contribution in [-0.4, -0.2) is 0 Å². The Morgan fingerprint density at radius 2 is 2.29 bits per heavy atom. The van der Waals surface area contributed by atoms with Crippen molar-refractivity contribution in [1.29, 1.82) is 0 Å². The van der Waals surface area contributed by atoms with E-state index >= 15 is 0 Å². The van der Waals surface area contributed by atoms with E-state index in [1.807, 2.05) is 0 Å². The van der Waals surface area contributed by atoms with Gasteiger partial charge in [0, 0.05) is 0 Å². The van der Waals surface area contributed by atoms with Gasteiger partial charge in [0.1, 0.15) is 0 Å². The standard InChI is InChI=1S/C7H8/c1-7-5-3-2-4-6-7/h2-6H,1H3/i2D,3D,4D,5D. The van der Waals surface area contributed by atoms with Crippen molar-refractivity contribution in [2.45, 2.75) is 6.92 Å². The molecule has 0 saturated heterocycles. The maximum Gasteiger partial charge on any atom is 0.0625 e. The summed E-state index contributed by atoms with van der Waals surface area (Å²) >= 11 is 0. The highest BCUT2D eigenvalue weighted by Gasteiger charge is 1.72. The van der Waals surface area contributed by atoms with Crippen molar-refractivity contribution in [3.8, 4) is 0 Å². The molecule has 0 N–H and O–H groups in total. The fourth-order valence-electron chi connectivity index (χ4n) is 0.346. The second-order valence-corrected chi connectivity index (χ2v) is 1.35. The fraction of sp³-hybridized carbons (Fsp3) is 0.143. The quantitative estimate of drug-likeness (QED) is 0.463. The summed E-state index contributed by atoms with van der Waals surface area (Å²) < 4.78 is 28.9. The Labute approximate surface area is 49.4 Å². The molecule has 1 aromatic carbocycles. The Morgan fingerprint density at radius 3 is 3.14 bits per heavy atom. The maximum absolute atomic E-state index is 7.29. The molecular formula is C7H8. The van der Waals surface area contributed by atoms with Crippen molar-refractivity contribution in [3.05, 3.63) is 35.8 Å². The van der Waals surface area contributed by atoms with Crippen LogP contribution in [0.1, 0.15) is 11.0 Å². The number of hydrogen-bond donors (Lipinski definition) is 0. The predicted molar refractivity (Wildman–Crippen MR) is 31.2 cm³/mol. The average Bonchev–Trinajstić information content (AvgIpc) is 1.97. The Balaban J connectivity index is 3.46. The molecule has 0 heterocycles. The molecule has 0 bridgehead atoms. The van der Waals surface area contributed by atoms with Gasteiger partial charge in [-0.3, -0.25) is 0 Å². The van der Waals surface area contributed by atoms with E-state index in [0.29, 0.717) is 5.56 Å². The monoisotopic (exact) mass is 96.1 g/mol. The Bertz CT molecular complexity index is 267. The van der Waals surface area contributed by atoms with Gasteiger partial charge in [-0.15, -0.1) is 0 Å². The van der Waals surface area contributed by atoms with E-state index < -0.39 is 0 Å². The lowest BCUT2D eigenvalue weighted by molar-refractivity contribution is 1.48. The van der Waals surface area contributed by atoms with Gasteiger partial charge >= 0.3 is 0 Å². The third-order valence-electron chi connectivity index (χ3n) is 0.683. The van der Waals surface area contributed by atoms with E-state index in [2.05, 4.69) is 0 Å². The summed E-state index contributed by atoms with van der Waals surface area (Å²) in [5, 5.41) is 0.